The number of benzene rings is 2. The molecule has 1 N–H and O–H groups in total. The molecule has 3 heterocycles. The maximum Gasteiger partial charge on any atom is 0.256 e. The SMILES string of the molecule is Cc1nn(C2CCS(=O)(=O)C2)c2nc(-c3ccccc3F)cc(C(=O)Nc3ccc(N(C)C)cc3)c12. The van der Waals surface area contributed by atoms with Gasteiger partial charge < -0.3 is 10.2 Å². The van der Waals surface area contributed by atoms with Gasteiger partial charge >= 0.3 is 0 Å². The maximum absolute atomic E-state index is 14.7. The van der Waals surface area contributed by atoms with E-state index in [0.717, 1.165) is 5.69 Å². The quantitative estimate of drug-likeness (QED) is 0.434. The Bertz CT molecular complexity index is 1580. The van der Waals surface area contributed by atoms with E-state index < -0.39 is 21.7 Å². The van der Waals surface area contributed by atoms with Crippen molar-refractivity contribution in [1.82, 2.24) is 14.8 Å². The smallest absolute Gasteiger partial charge is 0.256 e. The van der Waals surface area contributed by atoms with Crippen LogP contribution in [0.15, 0.2) is 54.6 Å². The van der Waals surface area contributed by atoms with Crippen LogP contribution in [-0.4, -0.2) is 54.7 Å². The number of amides is 1. The van der Waals surface area contributed by atoms with E-state index in [0.29, 0.717) is 34.4 Å². The predicted octanol–water partition coefficient (Wildman–Crippen LogP) is 4.22. The summed E-state index contributed by atoms with van der Waals surface area (Å²) in [4.78, 5) is 20.2. The van der Waals surface area contributed by atoms with E-state index in [9.17, 15) is 17.6 Å². The van der Waals surface area contributed by atoms with Crippen molar-refractivity contribution in [3.05, 3.63) is 71.7 Å². The molecule has 1 amide bonds. The predicted molar refractivity (Wildman–Crippen MR) is 139 cm³/mol. The largest absolute Gasteiger partial charge is 0.378 e. The number of nitrogens with zero attached hydrogens (tertiary/aromatic N) is 4. The second kappa shape index (κ2) is 9.02. The van der Waals surface area contributed by atoms with Crippen LogP contribution in [0.25, 0.3) is 22.3 Å². The van der Waals surface area contributed by atoms with Gasteiger partial charge in [0.05, 0.1) is 39.9 Å². The van der Waals surface area contributed by atoms with Crippen molar-refractivity contribution in [1.29, 1.82) is 0 Å². The molecule has 1 saturated heterocycles. The average molecular weight is 508 g/mol. The Balaban J connectivity index is 1.64. The molecule has 0 saturated carbocycles. The summed E-state index contributed by atoms with van der Waals surface area (Å²) in [5, 5.41) is 8.02. The van der Waals surface area contributed by atoms with Crippen molar-refractivity contribution in [2.75, 3.05) is 35.8 Å². The molecule has 1 aliphatic heterocycles. The molecular formula is C26H26FN5O3S. The number of halogens is 1. The first-order valence-electron chi connectivity index (χ1n) is 11.6. The molecule has 0 bridgehead atoms. The molecule has 2 aromatic carbocycles. The summed E-state index contributed by atoms with van der Waals surface area (Å²) in [6.45, 7) is 1.76. The topological polar surface area (TPSA) is 97.2 Å². The van der Waals surface area contributed by atoms with Gasteiger partial charge in [-0.3, -0.25) is 4.79 Å². The second-order valence-electron chi connectivity index (χ2n) is 9.22. The fourth-order valence-electron chi connectivity index (χ4n) is 4.56. The molecule has 8 nitrogen and oxygen atoms in total. The van der Waals surface area contributed by atoms with Crippen LogP contribution >= 0.6 is 0 Å². The monoisotopic (exact) mass is 507 g/mol. The minimum Gasteiger partial charge on any atom is -0.378 e. The van der Waals surface area contributed by atoms with E-state index in [1.54, 1.807) is 35.9 Å². The highest BCUT2D eigenvalue weighted by atomic mass is 32.2. The number of aromatic nitrogens is 3. The molecule has 2 aromatic heterocycles. The number of carbonyl (C=O) groups excluding carboxylic acids is 1. The molecule has 1 fully saturated rings. The lowest BCUT2D eigenvalue weighted by atomic mass is 10.0. The van der Waals surface area contributed by atoms with Crippen LogP contribution < -0.4 is 10.2 Å². The lowest BCUT2D eigenvalue weighted by Gasteiger charge is -2.14. The minimum atomic E-state index is -3.18. The van der Waals surface area contributed by atoms with Crippen LogP contribution in [-0.2, 0) is 9.84 Å². The summed E-state index contributed by atoms with van der Waals surface area (Å²) in [5.74, 6) is -0.837. The highest BCUT2D eigenvalue weighted by Gasteiger charge is 2.32. The van der Waals surface area contributed by atoms with Gasteiger partial charge in [-0.15, -0.1) is 0 Å². The number of hydrogen-bond donors (Lipinski definition) is 1. The van der Waals surface area contributed by atoms with Gasteiger partial charge in [-0.2, -0.15) is 5.10 Å². The van der Waals surface area contributed by atoms with Crippen molar-refractivity contribution < 1.29 is 17.6 Å². The van der Waals surface area contributed by atoms with Crippen LogP contribution in [0.3, 0.4) is 0 Å². The molecule has 0 spiro atoms. The minimum absolute atomic E-state index is 0.0470. The molecule has 186 valence electrons. The van der Waals surface area contributed by atoms with Gasteiger partial charge in [-0.05, 0) is 55.8 Å². The molecule has 1 unspecified atom stereocenters. The van der Waals surface area contributed by atoms with Crippen molar-refractivity contribution >= 4 is 38.2 Å². The highest BCUT2D eigenvalue weighted by molar-refractivity contribution is 7.91. The fourth-order valence-corrected chi connectivity index (χ4v) is 6.26. The van der Waals surface area contributed by atoms with Gasteiger partial charge in [0.1, 0.15) is 5.82 Å². The van der Waals surface area contributed by atoms with Crippen molar-refractivity contribution in [2.24, 2.45) is 0 Å². The molecule has 10 heteroatoms. The lowest BCUT2D eigenvalue weighted by molar-refractivity contribution is 0.102. The summed E-state index contributed by atoms with van der Waals surface area (Å²) >= 11 is 0. The molecule has 36 heavy (non-hydrogen) atoms. The Hall–Kier alpha value is -3.79. The number of nitrogens with one attached hydrogen (secondary N) is 1. The fraction of sp³-hybridized carbons (Fsp3) is 0.269. The van der Waals surface area contributed by atoms with Crippen molar-refractivity contribution in [2.45, 2.75) is 19.4 Å². The van der Waals surface area contributed by atoms with Crippen LogP contribution in [0.2, 0.25) is 0 Å². The standard InChI is InChI=1S/C26H26FN5O3S/c1-16-24-21(26(33)28-17-8-10-18(11-9-17)31(2)3)14-23(20-6-4-5-7-22(20)27)29-25(24)32(30-16)19-12-13-36(34,35)15-19/h4-11,14,19H,12-13,15H2,1-3H3,(H,28,33). The number of rotatable bonds is 5. The molecule has 5 rings (SSSR count). The Morgan fingerprint density at radius 2 is 1.86 bits per heavy atom. The van der Waals surface area contributed by atoms with Crippen molar-refractivity contribution in [3.63, 3.8) is 0 Å². The number of pyridine rings is 1. The number of anilines is 2. The third kappa shape index (κ3) is 4.44. The molecule has 4 aromatic rings. The zero-order valence-corrected chi connectivity index (χ0v) is 21.0. The second-order valence-corrected chi connectivity index (χ2v) is 11.4. The average Bonchev–Trinajstić information content (AvgIpc) is 3.37. The Morgan fingerprint density at radius 1 is 1.14 bits per heavy atom. The Labute approximate surface area is 208 Å². The third-order valence-corrected chi connectivity index (χ3v) is 8.18. The number of hydrogen-bond acceptors (Lipinski definition) is 6. The van der Waals surface area contributed by atoms with Crippen LogP contribution in [0.5, 0.6) is 0 Å². The van der Waals surface area contributed by atoms with E-state index in [4.69, 9.17) is 0 Å². The summed E-state index contributed by atoms with van der Waals surface area (Å²) in [6.07, 6.45) is 0.407. The van der Waals surface area contributed by atoms with Crippen molar-refractivity contribution in [3.8, 4) is 11.3 Å². The zero-order chi connectivity index (χ0) is 25.6. The molecule has 1 aliphatic rings. The zero-order valence-electron chi connectivity index (χ0n) is 20.2. The molecular weight excluding hydrogens is 481 g/mol. The number of carbonyl (C=O) groups is 1. The summed E-state index contributed by atoms with van der Waals surface area (Å²) in [5.41, 5.74) is 3.32. The first kappa shape index (κ1) is 23.9. The first-order valence-corrected chi connectivity index (χ1v) is 13.4. The number of sulfone groups is 1. The third-order valence-electron chi connectivity index (χ3n) is 6.43. The summed E-state index contributed by atoms with van der Waals surface area (Å²) in [6, 6.07) is 14.8. The van der Waals surface area contributed by atoms with Gasteiger partial charge in [0.15, 0.2) is 15.5 Å². The number of aryl methyl sites for hydroxylation is 1. The Kier molecular flexibility index (Phi) is 5.99. The highest BCUT2D eigenvalue weighted by Crippen LogP contribution is 2.33. The van der Waals surface area contributed by atoms with E-state index in [1.165, 1.54) is 6.07 Å². The van der Waals surface area contributed by atoms with Gasteiger partial charge in [0.2, 0.25) is 0 Å². The van der Waals surface area contributed by atoms with E-state index in [2.05, 4.69) is 15.4 Å². The molecule has 1 atom stereocenters. The van der Waals surface area contributed by atoms with Crippen LogP contribution in [0, 0.1) is 12.7 Å². The van der Waals surface area contributed by atoms with Crippen LogP contribution in [0.1, 0.15) is 28.5 Å². The van der Waals surface area contributed by atoms with Gasteiger partial charge in [-0.25, -0.2) is 22.5 Å². The molecule has 0 radical (unpaired) electrons. The summed E-state index contributed by atoms with van der Waals surface area (Å²) < 4.78 is 40.6. The maximum atomic E-state index is 14.7. The normalized spacial score (nSPS) is 16.8. The van der Waals surface area contributed by atoms with E-state index in [1.807, 2.05) is 43.3 Å². The van der Waals surface area contributed by atoms with E-state index in [-0.39, 0.29) is 28.7 Å². The summed E-state index contributed by atoms with van der Waals surface area (Å²) in [7, 11) is 0.684. The Morgan fingerprint density at radius 3 is 2.50 bits per heavy atom. The molecule has 0 aliphatic carbocycles. The number of fused-ring (bicyclic) bond motifs is 1. The first-order chi connectivity index (χ1) is 17.1. The van der Waals surface area contributed by atoms with Gasteiger partial charge in [-0.1, -0.05) is 12.1 Å². The van der Waals surface area contributed by atoms with E-state index >= 15 is 0 Å². The lowest BCUT2D eigenvalue weighted by Crippen LogP contribution is -2.15. The van der Waals surface area contributed by atoms with Gasteiger partial charge in [0.25, 0.3) is 5.91 Å². The van der Waals surface area contributed by atoms with Gasteiger partial charge in [0, 0.05) is 31.0 Å². The van der Waals surface area contributed by atoms with Crippen LogP contribution in [0.4, 0.5) is 15.8 Å².